The normalized spacial score (nSPS) is 14.4. The Kier molecular flexibility index (Phi) is 8.60. The molecular formula is C19H33N. The van der Waals surface area contributed by atoms with E-state index in [2.05, 4.69) is 63.3 Å². The first-order valence-corrected chi connectivity index (χ1v) is 8.43. The van der Waals surface area contributed by atoms with E-state index < -0.39 is 0 Å². The fraction of sp³-hybridized carbons (Fsp3) is 0.684. The second-order valence-corrected chi connectivity index (χ2v) is 6.42. The molecule has 0 fully saturated rings. The summed E-state index contributed by atoms with van der Waals surface area (Å²) in [6.45, 7) is 10.3. The first-order chi connectivity index (χ1) is 9.65. The van der Waals surface area contributed by atoms with E-state index in [1.54, 1.807) is 0 Å². The van der Waals surface area contributed by atoms with Crippen molar-refractivity contribution in [3.8, 4) is 0 Å². The topological polar surface area (TPSA) is 12.0 Å². The molecule has 0 bridgehead atoms. The molecule has 0 aromatic heterocycles. The van der Waals surface area contributed by atoms with Crippen LogP contribution in [0, 0.1) is 5.92 Å². The van der Waals surface area contributed by atoms with E-state index in [-0.39, 0.29) is 0 Å². The molecule has 2 atom stereocenters. The summed E-state index contributed by atoms with van der Waals surface area (Å²) in [5.41, 5.74) is 1.47. The molecule has 0 saturated carbocycles. The highest BCUT2D eigenvalue weighted by atomic mass is 14.9. The lowest BCUT2D eigenvalue weighted by Gasteiger charge is -2.24. The zero-order valence-electron chi connectivity index (χ0n) is 13.9. The van der Waals surface area contributed by atoms with Crippen molar-refractivity contribution in [1.29, 1.82) is 0 Å². The summed E-state index contributed by atoms with van der Waals surface area (Å²) in [5, 5.41) is 3.74. The Morgan fingerprint density at radius 2 is 1.65 bits per heavy atom. The van der Waals surface area contributed by atoms with Crippen LogP contribution in [0.25, 0.3) is 0 Å². The molecular weight excluding hydrogens is 242 g/mol. The van der Waals surface area contributed by atoms with Gasteiger partial charge in [-0.05, 0) is 30.7 Å². The zero-order valence-corrected chi connectivity index (χ0v) is 13.9. The molecule has 20 heavy (non-hydrogen) atoms. The van der Waals surface area contributed by atoms with Gasteiger partial charge in [-0.15, -0.1) is 0 Å². The van der Waals surface area contributed by atoms with Gasteiger partial charge in [0, 0.05) is 12.6 Å². The highest BCUT2D eigenvalue weighted by molar-refractivity contribution is 5.20. The van der Waals surface area contributed by atoms with E-state index in [0.717, 1.165) is 6.54 Å². The number of benzene rings is 1. The molecule has 0 aliphatic heterocycles. The van der Waals surface area contributed by atoms with Gasteiger partial charge in [-0.1, -0.05) is 76.8 Å². The molecule has 0 radical (unpaired) electrons. The summed E-state index contributed by atoms with van der Waals surface area (Å²) in [7, 11) is 0. The van der Waals surface area contributed by atoms with E-state index in [4.69, 9.17) is 0 Å². The van der Waals surface area contributed by atoms with Crippen molar-refractivity contribution in [2.45, 2.75) is 71.8 Å². The Labute approximate surface area is 126 Å². The first kappa shape index (κ1) is 17.2. The molecule has 1 nitrogen and oxygen atoms in total. The van der Waals surface area contributed by atoms with Crippen LogP contribution in [0.3, 0.4) is 0 Å². The molecule has 1 rings (SSSR count). The maximum atomic E-state index is 3.74. The van der Waals surface area contributed by atoms with Crippen molar-refractivity contribution < 1.29 is 0 Å². The Hall–Kier alpha value is -0.820. The molecule has 1 N–H and O–H groups in total. The third kappa shape index (κ3) is 6.56. The predicted octanol–water partition coefficient (Wildman–Crippen LogP) is 5.37. The van der Waals surface area contributed by atoms with E-state index in [1.807, 2.05) is 0 Å². The smallest absolute Gasteiger partial charge is 0.00389 e. The van der Waals surface area contributed by atoms with Gasteiger partial charge < -0.3 is 5.32 Å². The van der Waals surface area contributed by atoms with Crippen LogP contribution < -0.4 is 5.32 Å². The molecule has 0 heterocycles. The van der Waals surface area contributed by atoms with Gasteiger partial charge in [0.15, 0.2) is 0 Å². The number of rotatable bonds is 10. The van der Waals surface area contributed by atoms with Crippen molar-refractivity contribution in [3.63, 3.8) is 0 Å². The van der Waals surface area contributed by atoms with Crippen LogP contribution in [0.1, 0.15) is 71.3 Å². The number of unbranched alkanes of at least 4 members (excludes halogenated alkanes) is 3. The second kappa shape index (κ2) is 9.99. The highest BCUT2D eigenvalue weighted by Gasteiger charge is 2.16. The minimum absolute atomic E-state index is 0.620. The van der Waals surface area contributed by atoms with Gasteiger partial charge in [0.25, 0.3) is 0 Å². The average Bonchev–Trinajstić information content (AvgIpc) is 2.44. The summed E-state index contributed by atoms with van der Waals surface area (Å²) in [6, 6.07) is 11.6. The van der Waals surface area contributed by atoms with E-state index in [9.17, 15) is 0 Å². The van der Waals surface area contributed by atoms with Gasteiger partial charge in [-0.3, -0.25) is 0 Å². The van der Waals surface area contributed by atoms with Crippen LogP contribution in [0.15, 0.2) is 30.3 Å². The maximum absolute atomic E-state index is 3.74. The van der Waals surface area contributed by atoms with Crippen molar-refractivity contribution in [2.24, 2.45) is 5.92 Å². The van der Waals surface area contributed by atoms with Crippen molar-refractivity contribution in [3.05, 3.63) is 35.9 Å². The Morgan fingerprint density at radius 3 is 2.25 bits per heavy atom. The molecule has 1 aromatic rings. The number of hydrogen-bond acceptors (Lipinski definition) is 1. The van der Waals surface area contributed by atoms with Gasteiger partial charge in [0.05, 0.1) is 0 Å². The van der Waals surface area contributed by atoms with Crippen LogP contribution >= 0.6 is 0 Å². The Bertz CT molecular complexity index is 331. The second-order valence-electron chi connectivity index (χ2n) is 6.42. The molecule has 0 spiro atoms. The van der Waals surface area contributed by atoms with Gasteiger partial charge in [-0.25, -0.2) is 0 Å². The molecule has 2 unspecified atom stereocenters. The summed E-state index contributed by atoms with van der Waals surface area (Å²) in [5.74, 6) is 1.30. The molecule has 1 heteroatoms. The third-order valence-corrected chi connectivity index (χ3v) is 4.21. The zero-order chi connectivity index (χ0) is 14.8. The fourth-order valence-corrected chi connectivity index (χ4v) is 2.75. The minimum Gasteiger partial charge on any atom is -0.314 e. The molecule has 114 valence electrons. The van der Waals surface area contributed by atoms with Crippen molar-refractivity contribution in [1.82, 2.24) is 5.32 Å². The Balaban J connectivity index is 2.36. The van der Waals surface area contributed by atoms with Crippen molar-refractivity contribution in [2.75, 3.05) is 6.54 Å². The standard InChI is InChI=1S/C19H33N/c1-5-6-7-9-12-17(4)20-15-19(16(2)3)18-13-10-8-11-14-18/h8,10-11,13-14,16-17,19-20H,5-7,9,12,15H2,1-4H3. The third-order valence-electron chi connectivity index (χ3n) is 4.21. The van der Waals surface area contributed by atoms with Crippen molar-refractivity contribution >= 4 is 0 Å². The highest BCUT2D eigenvalue weighted by Crippen LogP contribution is 2.23. The molecule has 1 aromatic carbocycles. The maximum Gasteiger partial charge on any atom is 0.00389 e. The van der Waals surface area contributed by atoms with E-state index >= 15 is 0 Å². The van der Waals surface area contributed by atoms with Gasteiger partial charge >= 0.3 is 0 Å². The lowest BCUT2D eigenvalue weighted by atomic mass is 9.88. The van der Waals surface area contributed by atoms with E-state index in [0.29, 0.717) is 17.9 Å². The van der Waals surface area contributed by atoms with Crippen LogP contribution in [0.2, 0.25) is 0 Å². The number of nitrogens with one attached hydrogen (secondary N) is 1. The number of hydrogen-bond donors (Lipinski definition) is 1. The van der Waals surface area contributed by atoms with Crippen LogP contribution in [-0.2, 0) is 0 Å². The summed E-state index contributed by atoms with van der Waals surface area (Å²) < 4.78 is 0. The summed E-state index contributed by atoms with van der Waals surface area (Å²) in [4.78, 5) is 0. The quantitative estimate of drug-likeness (QED) is 0.566. The van der Waals surface area contributed by atoms with Gasteiger partial charge in [-0.2, -0.15) is 0 Å². The van der Waals surface area contributed by atoms with Crippen LogP contribution in [0.4, 0.5) is 0 Å². The first-order valence-electron chi connectivity index (χ1n) is 8.43. The molecule has 0 amide bonds. The largest absolute Gasteiger partial charge is 0.314 e. The minimum atomic E-state index is 0.620. The molecule has 0 saturated heterocycles. The predicted molar refractivity (Wildman–Crippen MR) is 90.2 cm³/mol. The van der Waals surface area contributed by atoms with Crippen LogP contribution in [0.5, 0.6) is 0 Å². The fourth-order valence-electron chi connectivity index (χ4n) is 2.75. The lowest BCUT2D eigenvalue weighted by molar-refractivity contribution is 0.413. The Morgan fingerprint density at radius 1 is 0.950 bits per heavy atom. The van der Waals surface area contributed by atoms with E-state index in [1.165, 1.54) is 37.7 Å². The lowest BCUT2D eigenvalue weighted by Crippen LogP contribution is -2.32. The molecule has 0 aliphatic carbocycles. The van der Waals surface area contributed by atoms with Crippen LogP contribution in [-0.4, -0.2) is 12.6 Å². The van der Waals surface area contributed by atoms with Gasteiger partial charge in [0.2, 0.25) is 0 Å². The molecule has 0 aliphatic rings. The SMILES string of the molecule is CCCCCCC(C)NCC(c1ccccc1)C(C)C. The monoisotopic (exact) mass is 275 g/mol. The van der Waals surface area contributed by atoms with Gasteiger partial charge in [0.1, 0.15) is 0 Å². The average molecular weight is 275 g/mol. The summed E-state index contributed by atoms with van der Waals surface area (Å²) in [6.07, 6.45) is 6.75. The summed E-state index contributed by atoms with van der Waals surface area (Å²) >= 11 is 0.